The van der Waals surface area contributed by atoms with Gasteiger partial charge in [-0.3, -0.25) is 0 Å². The highest BCUT2D eigenvalue weighted by Gasteiger charge is 2.26. The number of hydrogen-bond donors (Lipinski definition) is 1. The minimum atomic E-state index is 0.258. The number of para-hydroxylation sites is 2. The molecule has 1 N–H and O–H groups in total. The Morgan fingerprint density at radius 3 is 2.50 bits per heavy atom. The van der Waals surface area contributed by atoms with E-state index in [1.165, 1.54) is 16.9 Å². The van der Waals surface area contributed by atoms with Crippen LogP contribution in [0.1, 0.15) is 19.4 Å². The largest absolute Gasteiger partial charge is 0.383 e. The third-order valence-corrected chi connectivity index (χ3v) is 3.84. The first kappa shape index (κ1) is 13.0. The van der Waals surface area contributed by atoms with Crippen LogP contribution in [-0.4, -0.2) is 13.1 Å². The predicted molar refractivity (Wildman–Crippen MR) is 86.2 cm³/mol. The third kappa shape index (κ3) is 2.79. The molecule has 104 valence electrons. The van der Waals surface area contributed by atoms with Crippen LogP contribution in [0.25, 0.3) is 0 Å². The van der Waals surface area contributed by atoms with E-state index in [0.717, 1.165) is 19.6 Å². The minimum absolute atomic E-state index is 0.258. The molecule has 0 unspecified atom stereocenters. The van der Waals surface area contributed by atoms with Crippen molar-refractivity contribution in [2.75, 3.05) is 23.3 Å². The summed E-state index contributed by atoms with van der Waals surface area (Å²) in [6.45, 7) is 7.68. The molecule has 3 rings (SSSR count). The molecule has 0 fully saturated rings. The summed E-state index contributed by atoms with van der Waals surface area (Å²) in [7, 11) is 0. The van der Waals surface area contributed by atoms with Gasteiger partial charge >= 0.3 is 0 Å². The number of nitrogens with one attached hydrogen (secondary N) is 1. The molecule has 0 saturated carbocycles. The first-order valence-corrected chi connectivity index (χ1v) is 7.26. The molecule has 1 aliphatic rings. The van der Waals surface area contributed by atoms with E-state index in [9.17, 15) is 0 Å². The van der Waals surface area contributed by atoms with Gasteiger partial charge in [-0.05, 0) is 23.1 Å². The highest BCUT2D eigenvalue weighted by atomic mass is 15.2. The molecule has 0 aliphatic carbocycles. The zero-order chi connectivity index (χ0) is 14.0. The standard InChI is InChI=1S/C18H22N2/c1-18(2)13-19-16-10-6-7-11-17(16)20(14-18)12-15-8-4-3-5-9-15/h3-11,19H,12-14H2,1-2H3. The van der Waals surface area contributed by atoms with Crippen molar-refractivity contribution >= 4 is 11.4 Å². The van der Waals surface area contributed by atoms with Gasteiger partial charge in [0.05, 0.1) is 11.4 Å². The van der Waals surface area contributed by atoms with Crippen molar-refractivity contribution in [2.24, 2.45) is 5.41 Å². The maximum atomic E-state index is 3.59. The molecule has 2 aromatic carbocycles. The first-order chi connectivity index (χ1) is 9.64. The third-order valence-electron chi connectivity index (χ3n) is 3.84. The van der Waals surface area contributed by atoms with E-state index in [4.69, 9.17) is 0 Å². The van der Waals surface area contributed by atoms with Crippen LogP contribution >= 0.6 is 0 Å². The van der Waals surface area contributed by atoms with E-state index in [-0.39, 0.29) is 5.41 Å². The van der Waals surface area contributed by atoms with Gasteiger partial charge in [0.2, 0.25) is 0 Å². The van der Waals surface area contributed by atoms with Crippen molar-refractivity contribution in [3.8, 4) is 0 Å². The van der Waals surface area contributed by atoms with E-state index < -0.39 is 0 Å². The van der Waals surface area contributed by atoms with Crippen LogP contribution in [0.2, 0.25) is 0 Å². The van der Waals surface area contributed by atoms with Gasteiger partial charge in [-0.15, -0.1) is 0 Å². The Kier molecular flexibility index (Phi) is 3.39. The van der Waals surface area contributed by atoms with E-state index >= 15 is 0 Å². The van der Waals surface area contributed by atoms with E-state index in [1.807, 2.05) is 0 Å². The summed E-state index contributed by atoms with van der Waals surface area (Å²) in [6.07, 6.45) is 0. The van der Waals surface area contributed by atoms with Crippen molar-refractivity contribution in [1.82, 2.24) is 0 Å². The summed E-state index contributed by atoms with van der Waals surface area (Å²) >= 11 is 0. The van der Waals surface area contributed by atoms with Gasteiger partial charge in [0.25, 0.3) is 0 Å². The van der Waals surface area contributed by atoms with Gasteiger partial charge in [-0.1, -0.05) is 56.3 Å². The van der Waals surface area contributed by atoms with Crippen LogP contribution in [-0.2, 0) is 6.54 Å². The first-order valence-electron chi connectivity index (χ1n) is 7.26. The highest BCUT2D eigenvalue weighted by molar-refractivity contribution is 5.71. The second kappa shape index (κ2) is 5.20. The molecule has 0 radical (unpaired) electrons. The van der Waals surface area contributed by atoms with Crippen LogP contribution in [0.15, 0.2) is 54.6 Å². The molecule has 0 atom stereocenters. The van der Waals surface area contributed by atoms with Crippen LogP contribution in [0.4, 0.5) is 11.4 Å². The van der Waals surface area contributed by atoms with Gasteiger partial charge in [-0.2, -0.15) is 0 Å². The quantitative estimate of drug-likeness (QED) is 0.878. The summed E-state index contributed by atoms with van der Waals surface area (Å²) in [5.41, 5.74) is 4.17. The predicted octanol–water partition coefficient (Wildman–Crippen LogP) is 4.14. The second-order valence-corrected chi connectivity index (χ2v) is 6.38. The maximum Gasteiger partial charge on any atom is 0.0605 e. The number of hydrogen-bond acceptors (Lipinski definition) is 2. The van der Waals surface area contributed by atoms with Crippen molar-refractivity contribution in [3.05, 3.63) is 60.2 Å². The van der Waals surface area contributed by atoms with Crippen molar-refractivity contribution in [1.29, 1.82) is 0 Å². The molecule has 1 aliphatic heterocycles. The van der Waals surface area contributed by atoms with Gasteiger partial charge in [0.1, 0.15) is 0 Å². The Morgan fingerprint density at radius 2 is 1.70 bits per heavy atom. The molecule has 0 bridgehead atoms. The smallest absolute Gasteiger partial charge is 0.0605 e. The molecule has 0 spiro atoms. The Hall–Kier alpha value is -1.96. The summed E-state index contributed by atoms with van der Waals surface area (Å²) < 4.78 is 0. The molecule has 1 heterocycles. The highest BCUT2D eigenvalue weighted by Crippen LogP contribution is 2.34. The summed E-state index contributed by atoms with van der Waals surface area (Å²) in [5, 5.41) is 3.59. The van der Waals surface area contributed by atoms with E-state index in [1.54, 1.807) is 0 Å². The molecule has 2 heteroatoms. The van der Waals surface area contributed by atoms with Crippen LogP contribution < -0.4 is 10.2 Å². The zero-order valence-corrected chi connectivity index (χ0v) is 12.3. The lowest BCUT2D eigenvalue weighted by Gasteiger charge is -2.31. The van der Waals surface area contributed by atoms with Gasteiger partial charge in [0.15, 0.2) is 0 Å². The SMILES string of the molecule is CC1(C)CNc2ccccc2N(Cc2ccccc2)C1. The molecule has 0 saturated heterocycles. The number of fused-ring (bicyclic) bond motifs is 1. The Labute approximate surface area is 121 Å². The van der Waals surface area contributed by atoms with Gasteiger partial charge < -0.3 is 10.2 Å². The van der Waals surface area contributed by atoms with E-state index in [2.05, 4.69) is 78.7 Å². The summed E-state index contributed by atoms with van der Waals surface area (Å²) in [5.74, 6) is 0. The maximum absolute atomic E-state index is 3.59. The fourth-order valence-electron chi connectivity index (χ4n) is 2.84. The summed E-state index contributed by atoms with van der Waals surface area (Å²) in [4.78, 5) is 2.49. The fourth-order valence-corrected chi connectivity index (χ4v) is 2.84. The summed E-state index contributed by atoms with van der Waals surface area (Å²) in [6, 6.07) is 19.3. The number of benzene rings is 2. The average molecular weight is 266 g/mol. The molecule has 0 amide bonds. The van der Waals surface area contributed by atoms with Gasteiger partial charge in [0, 0.05) is 19.6 Å². The molecular formula is C18H22N2. The van der Waals surface area contributed by atoms with E-state index in [0.29, 0.717) is 0 Å². The van der Waals surface area contributed by atoms with Crippen molar-refractivity contribution < 1.29 is 0 Å². The Morgan fingerprint density at radius 1 is 1.00 bits per heavy atom. The topological polar surface area (TPSA) is 15.3 Å². The van der Waals surface area contributed by atoms with Crippen LogP contribution in [0.5, 0.6) is 0 Å². The molecule has 0 aromatic heterocycles. The van der Waals surface area contributed by atoms with Crippen LogP contribution in [0.3, 0.4) is 0 Å². The molecule has 2 aromatic rings. The average Bonchev–Trinajstić information content (AvgIpc) is 2.57. The Bertz CT molecular complexity index is 575. The number of nitrogens with zero attached hydrogens (tertiary/aromatic N) is 1. The number of rotatable bonds is 2. The molecular weight excluding hydrogens is 244 g/mol. The van der Waals surface area contributed by atoms with Crippen molar-refractivity contribution in [3.63, 3.8) is 0 Å². The fraction of sp³-hybridized carbons (Fsp3) is 0.333. The van der Waals surface area contributed by atoms with Gasteiger partial charge in [-0.25, -0.2) is 0 Å². The Balaban J connectivity index is 1.94. The lowest BCUT2D eigenvalue weighted by molar-refractivity contribution is 0.394. The zero-order valence-electron chi connectivity index (χ0n) is 12.3. The lowest BCUT2D eigenvalue weighted by atomic mass is 9.93. The molecule has 2 nitrogen and oxygen atoms in total. The monoisotopic (exact) mass is 266 g/mol. The normalized spacial score (nSPS) is 17.0. The van der Waals surface area contributed by atoms with Crippen LogP contribution in [0, 0.1) is 5.41 Å². The van der Waals surface area contributed by atoms with Crippen molar-refractivity contribution in [2.45, 2.75) is 20.4 Å². The molecule has 20 heavy (non-hydrogen) atoms. The lowest BCUT2D eigenvalue weighted by Crippen LogP contribution is -2.35. The second-order valence-electron chi connectivity index (χ2n) is 6.38. The number of anilines is 2. The minimum Gasteiger partial charge on any atom is -0.383 e.